The summed E-state index contributed by atoms with van der Waals surface area (Å²) in [6.45, 7) is 6.53. The van der Waals surface area contributed by atoms with Crippen molar-refractivity contribution in [3.05, 3.63) is 0 Å². The van der Waals surface area contributed by atoms with Crippen molar-refractivity contribution in [2.45, 2.75) is 50.9 Å². The Bertz CT molecular complexity index is 249. The van der Waals surface area contributed by atoms with Crippen LogP contribution in [0, 0.1) is 5.92 Å². The Morgan fingerprint density at radius 3 is 2.26 bits per heavy atom. The Morgan fingerprint density at radius 2 is 1.68 bits per heavy atom. The van der Waals surface area contributed by atoms with Gasteiger partial charge >= 0.3 is 0 Å². The molecule has 0 aromatic rings. The van der Waals surface area contributed by atoms with E-state index in [-0.39, 0.29) is 12.2 Å². The van der Waals surface area contributed by atoms with Gasteiger partial charge in [-0.1, -0.05) is 19.8 Å². The first-order chi connectivity index (χ1) is 9.28. The highest BCUT2D eigenvalue weighted by Crippen LogP contribution is 2.27. The number of ether oxygens (including phenoxy) is 2. The fourth-order valence-corrected chi connectivity index (χ4v) is 3.71. The van der Waals surface area contributed by atoms with Crippen LogP contribution in [0.15, 0.2) is 0 Å². The monoisotopic (exact) mass is 270 g/mol. The second-order valence-corrected chi connectivity index (χ2v) is 5.98. The lowest BCUT2D eigenvalue weighted by atomic mass is 9.84. The third kappa shape index (κ3) is 3.91. The molecule has 0 amide bonds. The first kappa shape index (κ1) is 15.2. The fourth-order valence-electron chi connectivity index (χ4n) is 3.71. The number of hydrogen-bond acceptors (Lipinski definition) is 4. The van der Waals surface area contributed by atoms with E-state index in [4.69, 9.17) is 9.47 Å². The summed E-state index contributed by atoms with van der Waals surface area (Å²) in [6.07, 6.45) is 5.96. The smallest absolute Gasteiger partial charge is 0.0971 e. The van der Waals surface area contributed by atoms with Crippen LogP contribution in [0.1, 0.15) is 32.6 Å². The molecule has 1 saturated carbocycles. The van der Waals surface area contributed by atoms with Crippen molar-refractivity contribution in [3.8, 4) is 0 Å². The number of methoxy groups -OCH3 is 2. The van der Waals surface area contributed by atoms with Gasteiger partial charge in [0.1, 0.15) is 0 Å². The molecule has 2 fully saturated rings. The van der Waals surface area contributed by atoms with Crippen molar-refractivity contribution in [2.75, 3.05) is 40.4 Å². The van der Waals surface area contributed by atoms with Crippen LogP contribution in [0.3, 0.4) is 0 Å². The Hall–Kier alpha value is -0.160. The van der Waals surface area contributed by atoms with Crippen LogP contribution in [-0.2, 0) is 9.47 Å². The summed E-state index contributed by atoms with van der Waals surface area (Å²) >= 11 is 0. The van der Waals surface area contributed by atoms with Crippen LogP contribution < -0.4 is 5.32 Å². The summed E-state index contributed by atoms with van der Waals surface area (Å²) in [6, 6.07) is 0.710. The molecule has 1 aliphatic carbocycles. The molecular formula is C15H30N2O2. The van der Waals surface area contributed by atoms with E-state index in [1.807, 2.05) is 0 Å². The van der Waals surface area contributed by atoms with Crippen LogP contribution >= 0.6 is 0 Å². The van der Waals surface area contributed by atoms with E-state index in [0.29, 0.717) is 6.04 Å². The van der Waals surface area contributed by atoms with Crippen molar-refractivity contribution in [2.24, 2.45) is 5.92 Å². The number of rotatable bonds is 6. The van der Waals surface area contributed by atoms with Crippen LogP contribution in [0.2, 0.25) is 0 Å². The second-order valence-electron chi connectivity index (χ2n) is 5.98. The largest absolute Gasteiger partial charge is 0.377 e. The predicted octanol–water partition coefficient (Wildman–Crippen LogP) is 1.50. The van der Waals surface area contributed by atoms with Crippen molar-refractivity contribution in [1.82, 2.24) is 10.2 Å². The van der Waals surface area contributed by atoms with Crippen LogP contribution in [0.25, 0.3) is 0 Å². The van der Waals surface area contributed by atoms with E-state index in [0.717, 1.165) is 25.6 Å². The molecule has 0 radical (unpaired) electrons. The topological polar surface area (TPSA) is 33.7 Å². The van der Waals surface area contributed by atoms with Crippen LogP contribution in [-0.4, -0.2) is 63.5 Å². The molecule has 112 valence electrons. The molecule has 1 aliphatic heterocycles. The maximum Gasteiger partial charge on any atom is 0.0971 e. The number of nitrogens with zero attached hydrogens (tertiary/aromatic N) is 1. The molecule has 0 spiro atoms. The summed E-state index contributed by atoms with van der Waals surface area (Å²) in [7, 11) is 3.59. The molecule has 2 aliphatic rings. The van der Waals surface area contributed by atoms with Gasteiger partial charge in [0.15, 0.2) is 0 Å². The average molecular weight is 270 g/mol. The summed E-state index contributed by atoms with van der Waals surface area (Å²) in [5.74, 6) is 0.793. The SMILES string of the molecule is CCNC1CCCCC1CN1CC(OC)C(OC)C1. The van der Waals surface area contributed by atoms with E-state index in [1.165, 1.54) is 32.2 Å². The average Bonchev–Trinajstić information content (AvgIpc) is 2.83. The molecule has 4 heteroatoms. The molecule has 0 aromatic carbocycles. The molecule has 1 heterocycles. The highest BCUT2D eigenvalue weighted by Gasteiger charge is 2.35. The summed E-state index contributed by atoms with van der Waals surface area (Å²) in [4.78, 5) is 2.53. The molecule has 1 N–H and O–H groups in total. The summed E-state index contributed by atoms with van der Waals surface area (Å²) < 4.78 is 11.1. The number of hydrogen-bond donors (Lipinski definition) is 1. The lowest BCUT2D eigenvalue weighted by Gasteiger charge is -2.34. The van der Waals surface area contributed by atoms with Crippen LogP contribution in [0.4, 0.5) is 0 Å². The van der Waals surface area contributed by atoms with Gasteiger partial charge in [-0.05, 0) is 25.3 Å². The quantitative estimate of drug-likeness (QED) is 0.793. The van der Waals surface area contributed by atoms with Gasteiger partial charge < -0.3 is 14.8 Å². The zero-order valence-corrected chi connectivity index (χ0v) is 12.7. The van der Waals surface area contributed by atoms with Crippen molar-refractivity contribution in [1.29, 1.82) is 0 Å². The molecule has 0 bridgehead atoms. The van der Waals surface area contributed by atoms with Gasteiger partial charge in [-0.25, -0.2) is 0 Å². The summed E-state index contributed by atoms with van der Waals surface area (Å²) in [5.41, 5.74) is 0. The third-order valence-electron chi connectivity index (χ3n) is 4.76. The lowest BCUT2D eigenvalue weighted by molar-refractivity contribution is -0.00461. The normalized spacial score (nSPS) is 36.8. The molecule has 4 atom stereocenters. The number of nitrogens with one attached hydrogen (secondary N) is 1. The van der Waals surface area contributed by atoms with Gasteiger partial charge in [0.2, 0.25) is 0 Å². The molecule has 1 saturated heterocycles. The molecular weight excluding hydrogens is 240 g/mol. The second kappa shape index (κ2) is 7.58. The zero-order chi connectivity index (χ0) is 13.7. The molecule has 4 nitrogen and oxygen atoms in total. The van der Waals surface area contributed by atoms with Crippen molar-refractivity contribution in [3.63, 3.8) is 0 Å². The lowest BCUT2D eigenvalue weighted by Crippen LogP contribution is -2.44. The fraction of sp³-hybridized carbons (Fsp3) is 1.00. The first-order valence-corrected chi connectivity index (χ1v) is 7.79. The van der Waals surface area contributed by atoms with Gasteiger partial charge in [-0.15, -0.1) is 0 Å². The maximum atomic E-state index is 5.53. The third-order valence-corrected chi connectivity index (χ3v) is 4.76. The van der Waals surface area contributed by atoms with Crippen molar-refractivity contribution >= 4 is 0 Å². The number of likely N-dealkylation sites (tertiary alicyclic amines) is 1. The molecule has 2 rings (SSSR count). The minimum absolute atomic E-state index is 0.242. The van der Waals surface area contributed by atoms with E-state index in [9.17, 15) is 0 Å². The van der Waals surface area contributed by atoms with Gasteiger partial charge in [0.05, 0.1) is 12.2 Å². The van der Waals surface area contributed by atoms with Gasteiger partial charge in [0, 0.05) is 39.9 Å². The first-order valence-electron chi connectivity index (χ1n) is 7.79. The minimum atomic E-state index is 0.242. The zero-order valence-electron chi connectivity index (χ0n) is 12.7. The Labute approximate surface area is 117 Å². The Balaban J connectivity index is 1.85. The van der Waals surface area contributed by atoms with Gasteiger partial charge in [-0.2, -0.15) is 0 Å². The van der Waals surface area contributed by atoms with E-state index < -0.39 is 0 Å². The highest BCUT2D eigenvalue weighted by atomic mass is 16.5. The van der Waals surface area contributed by atoms with Crippen molar-refractivity contribution < 1.29 is 9.47 Å². The van der Waals surface area contributed by atoms with Crippen LogP contribution in [0.5, 0.6) is 0 Å². The van der Waals surface area contributed by atoms with E-state index >= 15 is 0 Å². The minimum Gasteiger partial charge on any atom is -0.377 e. The molecule has 4 unspecified atom stereocenters. The Morgan fingerprint density at radius 1 is 1.05 bits per heavy atom. The predicted molar refractivity (Wildman–Crippen MR) is 77.5 cm³/mol. The highest BCUT2D eigenvalue weighted by molar-refractivity contribution is 4.90. The standard InChI is InChI=1S/C15H30N2O2/c1-4-16-13-8-6-5-7-12(13)9-17-10-14(18-2)15(11-17)19-3/h12-16H,4-11H2,1-3H3. The molecule has 19 heavy (non-hydrogen) atoms. The molecule has 0 aromatic heterocycles. The van der Waals surface area contributed by atoms with Gasteiger partial charge in [-0.3, -0.25) is 4.90 Å². The van der Waals surface area contributed by atoms with E-state index in [2.05, 4.69) is 17.1 Å². The van der Waals surface area contributed by atoms with Gasteiger partial charge in [0.25, 0.3) is 0 Å². The summed E-state index contributed by atoms with van der Waals surface area (Å²) in [5, 5.41) is 3.67. The maximum absolute atomic E-state index is 5.53. The van der Waals surface area contributed by atoms with E-state index in [1.54, 1.807) is 14.2 Å². The Kier molecular flexibility index (Phi) is 6.07.